The van der Waals surface area contributed by atoms with Gasteiger partial charge in [0.15, 0.2) is 5.76 Å². The lowest BCUT2D eigenvalue weighted by Gasteiger charge is -2.08. The number of esters is 1. The molecular weight excluding hydrogens is 434 g/mol. The highest BCUT2D eigenvalue weighted by molar-refractivity contribution is 6.30. The first-order valence-electron chi connectivity index (χ1n) is 9.58. The van der Waals surface area contributed by atoms with Crippen molar-refractivity contribution >= 4 is 35.1 Å². The lowest BCUT2D eigenvalue weighted by Crippen LogP contribution is -2.11. The minimum atomic E-state index is -0.511. The zero-order chi connectivity index (χ0) is 22.8. The third kappa shape index (κ3) is 4.53. The van der Waals surface area contributed by atoms with Crippen LogP contribution in [-0.4, -0.2) is 16.7 Å². The Kier molecular flexibility index (Phi) is 5.75. The smallest absolute Gasteiger partial charge is 0.315 e. The maximum absolute atomic E-state index is 12.8. The van der Waals surface area contributed by atoms with Gasteiger partial charge >= 0.3 is 5.97 Å². The van der Waals surface area contributed by atoms with Crippen LogP contribution >= 0.6 is 11.6 Å². The molecule has 1 aliphatic heterocycles. The van der Waals surface area contributed by atoms with Crippen LogP contribution in [0.5, 0.6) is 11.5 Å². The maximum Gasteiger partial charge on any atom is 0.315 e. The first kappa shape index (κ1) is 21.3. The number of halogens is 1. The molecule has 0 radical (unpaired) electrons. The molecule has 0 atom stereocenters. The minimum absolute atomic E-state index is 0.0354. The molecule has 0 spiro atoms. The Bertz CT molecular complexity index is 1280. The number of carbonyl (C=O) groups excluding carboxylic acids is 2. The van der Waals surface area contributed by atoms with E-state index in [0.29, 0.717) is 21.7 Å². The standard InChI is InChI=1S/C24H16ClNO6/c1-14-9-19(31-22(27)12-15-5-7-17(25)8-6-15)13-20-23(14)24(28)21(32-20)11-16-3-2-4-18(10-16)26(29)30/h2-11,13H,12H2,1H3/b21-11-. The number of hydrogen-bond donors (Lipinski definition) is 0. The number of aryl methyl sites for hydroxylation is 1. The minimum Gasteiger partial charge on any atom is -0.452 e. The van der Waals surface area contributed by atoms with Crippen molar-refractivity contribution in [1.82, 2.24) is 0 Å². The van der Waals surface area contributed by atoms with E-state index in [2.05, 4.69) is 0 Å². The number of nitro benzene ring substituents is 1. The van der Waals surface area contributed by atoms with E-state index in [-0.39, 0.29) is 35.1 Å². The van der Waals surface area contributed by atoms with Crippen molar-refractivity contribution in [3.63, 3.8) is 0 Å². The third-order valence-electron chi connectivity index (χ3n) is 4.82. The monoisotopic (exact) mass is 449 g/mol. The highest BCUT2D eigenvalue weighted by atomic mass is 35.5. The molecule has 0 saturated heterocycles. The number of carbonyl (C=O) groups is 2. The molecule has 32 heavy (non-hydrogen) atoms. The van der Waals surface area contributed by atoms with Gasteiger partial charge in [0.2, 0.25) is 5.78 Å². The molecule has 0 bridgehead atoms. The first-order valence-corrected chi connectivity index (χ1v) is 9.96. The zero-order valence-electron chi connectivity index (χ0n) is 16.8. The summed E-state index contributed by atoms with van der Waals surface area (Å²) in [7, 11) is 0. The van der Waals surface area contributed by atoms with Crippen LogP contribution in [0, 0.1) is 17.0 Å². The molecule has 0 aliphatic carbocycles. The lowest BCUT2D eigenvalue weighted by atomic mass is 10.0. The highest BCUT2D eigenvalue weighted by Gasteiger charge is 2.30. The van der Waals surface area contributed by atoms with Crippen LogP contribution in [0.3, 0.4) is 0 Å². The highest BCUT2D eigenvalue weighted by Crippen LogP contribution is 2.37. The summed E-state index contributed by atoms with van der Waals surface area (Å²) in [6, 6.07) is 15.8. The van der Waals surface area contributed by atoms with Crippen LogP contribution in [0.25, 0.3) is 6.08 Å². The molecule has 8 heteroatoms. The van der Waals surface area contributed by atoms with Crippen LogP contribution in [0.15, 0.2) is 66.4 Å². The van der Waals surface area contributed by atoms with Crippen LogP contribution in [0.4, 0.5) is 5.69 Å². The first-order chi connectivity index (χ1) is 15.3. The summed E-state index contributed by atoms with van der Waals surface area (Å²) < 4.78 is 11.1. The van der Waals surface area contributed by atoms with Crippen molar-refractivity contribution < 1.29 is 24.0 Å². The average Bonchev–Trinajstić information content (AvgIpc) is 3.05. The number of nitrogens with zero attached hydrogens (tertiary/aromatic N) is 1. The number of allylic oxidation sites excluding steroid dienone is 1. The number of hydrogen-bond acceptors (Lipinski definition) is 6. The summed E-state index contributed by atoms with van der Waals surface area (Å²) in [5, 5.41) is 11.5. The number of ether oxygens (including phenoxy) is 2. The normalized spacial score (nSPS) is 13.6. The van der Waals surface area contributed by atoms with Crippen molar-refractivity contribution in [2.24, 2.45) is 0 Å². The summed E-state index contributed by atoms with van der Waals surface area (Å²) >= 11 is 5.85. The predicted octanol–water partition coefficient (Wildman–Crippen LogP) is 5.32. The molecule has 0 N–H and O–H groups in total. The van der Waals surface area contributed by atoms with E-state index >= 15 is 0 Å². The van der Waals surface area contributed by atoms with Gasteiger partial charge in [0, 0.05) is 23.2 Å². The van der Waals surface area contributed by atoms with E-state index in [1.54, 1.807) is 43.3 Å². The maximum atomic E-state index is 12.8. The Morgan fingerprint density at radius 2 is 1.91 bits per heavy atom. The molecule has 0 aromatic heterocycles. The summed E-state index contributed by atoms with van der Waals surface area (Å²) in [5.74, 6) is -0.259. The fourth-order valence-corrected chi connectivity index (χ4v) is 3.48. The number of fused-ring (bicyclic) bond motifs is 1. The van der Waals surface area contributed by atoms with Gasteiger partial charge in [-0.05, 0) is 47.9 Å². The van der Waals surface area contributed by atoms with Gasteiger partial charge in [-0.3, -0.25) is 19.7 Å². The summed E-state index contributed by atoms with van der Waals surface area (Å²) in [4.78, 5) is 35.6. The Hall–Kier alpha value is -3.97. The van der Waals surface area contributed by atoms with E-state index in [1.807, 2.05) is 0 Å². The quantitative estimate of drug-likeness (QED) is 0.172. The summed E-state index contributed by atoms with van der Waals surface area (Å²) in [6.07, 6.45) is 1.51. The molecule has 1 heterocycles. The van der Waals surface area contributed by atoms with E-state index in [1.165, 1.54) is 30.3 Å². The third-order valence-corrected chi connectivity index (χ3v) is 5.07. The van der Waals surface area contributed by atoms with E-state index in [9.17, 15) is 19.7 Å². The molecule has 0 amide bonds. The molecular formula is C24H16ClNO6. The van der Waals surface area contributed by atoms with Crippen molar-refractivity contribution in [2.45, 2.75) is 13.3 Å². The van der Waals surface area contributed by atoms with Gasteiger partial charge in [0.05, 0.1) is 16.9 Å². The van der Waals surface area contributed by atoms with Gasteiger partial charge in [0.25, 0.3) is 5.69 Å². The second-order valence-electron chi connectivity index (χ2n) is 7.18. The molecule has 7 nitrogen and oxygen atoms in total. The second-order valence-corrected chi connectivity index (χ2v) is 7.62. The van der Waals surface area contributed by atoms with Crippen molar-refractivity contribution in [3.8, 4) is 11.5 Å². The van der Waals surface area contributed by atoms with Crippen molar-refractivity contribution in [3.05, 3.63) is 104 Å². The predicted molar refractivity (Wildman–Crippen MR) is 118 cm³/mol. The zero-order valence-corrected chi connectivity index (χ0v) is 17.6. The van der Waals surface area contributed by atoms with Gasteiger partial charge in [-0.15, -0.1) is 0 Å². The number of benzene rings is 3. The fraction of sp³-hybridized carbons (Fsp3) is 0.0833. The Morgan fingerprint density at radius 1 is 1.16 bits per heavy atom. The van der Waals surface area contributed by atoms with Gasteiger partial charge in [-0.2, -0.15) is 0 Å². The van der Waals surface area contributed by atoms with Gasteiger partial charge in [-0.25, -0.2) is 0 Å². The van der Waals surface area contributed by atoms with Crippen LogP contribution < -0.4 is 9.47 Å². The molecule has 0 saturated carbocycles. The number of Topliss-reactive ketones (excluding diaryl/α,β-unsaturated/α-hetero) is 1. The molecule has 0 unspecified atom stereocenters. The molecule has 160 valence electrons. The molecule has 0 fully saturated rings. The van der Waals surface area contributed by atoms with E-state index in [0.717, 1.165) is 5.56 Å². The summed E-state index contributed by atoms with van der Waals surface area (Å²) in [5.41, 5.74) is 2.07. The molecule has 3 aromatic carbocycles. The summed E-state index contributed by atoms with van der Waals surface area (Å²) in [6.45, 7) is 1.72. The molecule has 3 aromatic rings. The number of nitro groups is 1. The van der Waals surface area contributed by atoms with E-state index < -0.39 is 10.9 Å². The number of ketones is 1. The Balaban J connectivity index is 1.54. The average molecular weight is 450 g/mol. The SMILES string of the molecule is Cc1cc(OC(=O)Cc2ccc(Cl)cc2)cc2c1C(=O)/C(=C/c1cccc([N+](=O)[O-])c1)O2. The van der Waals surface area contributed by atoms with Crippen LogP contribution in [-0.2, 0) is 11.2 Å². The van der Waals surface area contributed by atoms with Gasteiger partial charge in [-0.1, -0.05) is 35.9 Å². The molecule has 1 aliphatic rings. The largest absolute Gasteiger partial charge is 0.452 e. The molecule has 4 rings (SSSR count). The van der Waals surface area contributed by atoms with Gasteiger partial charge in [0.1, 0.15) is 11.5 Å². The number of rotatable bonds is 5. The van der Waals surface area contributed by atoms with Gasteiger partial charge < -0.3 is 9.47 Å². The fourth-order valence-electron chi connectivity index (χ4n) is 3.35. The van der Waals surface area contributed by atoms with Crippen LogP contribution in [0.2, 0.25) is 5.02 Å². The van der Waals surface area contributed by atoms with Crippen molar-refractivity contribution in [1.29, 1.82) is 0 Å². The van der Waals surface area contributed by atoms with Crippen LogP contribution in [0.1, 0.15) is 27.0 Å². The Labute approximate surface area is 188 Å². The van der Waals surface area contributed by atoms with E-state index in [4.69, 9.17) is 21.1 Å². The second kappa shape index (κ2) is 8.64. The topological polar surface area (TPSA) is 95.7 Å². The lowest BCUT2D eigenvalue weighted by molar-refractivity contribution is -0.384. The Morgan fingerprint density at radius 3 is 2.62 bits per heavy atom. The number of non-ortho nitro benzene ring substituents is 1. The van der Waals surface area contributed by atoms with Crippen molar-refractivity contribution in [2.75, 3.05) is 0 Å².